The zero-order chi connectivity index (χ0) is 24.1. The Balaban J connectivity index is 1.61. The number of rotatable bonds is 9. The number of nitrogens with one attached hydrogen (secondary N) is 1. The Morgan fingerprint density at radius 1 is 1.26 bits per heavy atom. The van der Waals surface area contributed by atoms with Gasteiger partial charge in [-0.15, -0.1) is 0 Å². The Kier molecular flexibility index (Phi) is 7.49. The summed E-state index contributed by atoms with van der Waals surface area (Å²) in [4.78, 5) is 32.1. The van der Waals surface area contributed by atoms with Crippen molar-refractivity contribution in [2.75, 3.05) is 20.3 Å². The Labute approximate surface area is 200 Å². The molecule has 2 aliphatic rings. The Hall–Kier alpha value is -3.37. The maximum Gasteiger partial charge on any atom is 0.338 e. The normalized spacial score (nSPS) is 17.3. The number of ether oxygens (including phenoxy) is 2. The predicted octanol–water partition coefficient (Wildman–Crippen LogP) is 3.89. The lowest BCUT2D eigenvalue weighted by molar-refractivity contribution is -0.141. The number of aliphatic imine (C=N–C) groups is 1. The molecule has 1 atom stereocenters. The first-order chi connectivity index (χ1) is 16.5. The molecule has 0 spiro atoms. The molecule has 0 saturated carbocycles. The number of furan rings is 1. The molecule has 2 aliphatic heterocycles. The molecule has 34 heavy (non-hydrogen) atoms. The number of amidine groups is 1. The van der Waals surface area contributed by atoms with Gasteiger partial charge >= 0.3 is 5.97 Å². The molecule has 178 valence electrons. The number of allylic oxidation sites excluding steroid dienone is 1. The van der Waals surface area contributed by atoms with Crippen LogP contribution in [0, 0.1) is 5.82 Å². The van der Waals surface area contributed by atoms with Gasteiger partial charge in [-0.25, -0.2) is 14.2 Å². The van der Waals surface area contributed by atoms with Crippen molar-refractivity contribution in [1.82, 2.24) is 10.2 Å². The smallest absolute Gasteiger partial charge is 0.338 e. The average Bonchev–Trinajstić information content (AvgIpc) is 3.47. The fourth-order valence-corrected chi connectivity index (χ4v) is 4.71. The molecule has 0 radical (unpaired) electrons. The molecule has 0 unspecified atom stereocenters. The van der Waals surface area contributed by atoms with E-state index in [0.717, 1.165) is 0 Å². The third-order valence-electron chi connectivity index (χ3n) is 5.29. The summed E-state index contributed by atoms with van der Waals surface area (Å²) in [6, 6.07) is 8.87. The lowest BCUT2D eigenvalue weighted by atomic mass is 9.93. The second-order valence-corrected chi connectivity index (χ2v) is 8.45. The zero-order valence-electron chi connectivity index (χ0n) is 18.7. The number of hydrogen-bond acceptors (Lipinski definition) is 8. The monoisotopic (exact) mass is 485 g/mol. The molecule has 10 heteroatoms. The van der Waals surface area contributed by atoms with E-state index in [1.54, 1.807) is 42.4 Å². The lowest BCUT2D eigenvalue weighted by Crippen LogP contribution is -2.38. The second-order valence-electron chi connectivity index (χ2n) is 7.61. The van der Waals surface area contributed by atoms with E-state index in [1.807, 2.05) is 5.41 Å². The first kappa shape index (κ1) is 23.8. The summed E-state index contributed by atoms with van der Waals surface area (Å²) in [5.74, 6) is -0.580. The van der Waals surface area contributed by atoms with E-state index in [4.69, 9.17) is 13.9 Å². The van der Waals surface area contributed by atoms with Gasteiger partial charge in [0.25, 0.3) is 0 Å². The van der Waals surface area contributed by atoms with Crippen LogP contribution >= 0.6 is 11.8 Å². The van der Waals surface area contributed by atoms with Crippen molar-refractivity contribution in [3.8, 4) is 0 Å². The van der Waals surface area contributed by atoms with Gasteiger partial charge < -0.3 is 24.1 Å². The van der Waals surface area contributed by atoms with Crippen LogP contribution in [0.4, 0.5) is 4.39 Å². The number of carbonyl (C=O) groups excluding carboxylic acids is 2. The fraction of sp³-hybridized carbons (Fsp3) is 0.292. The van der Waals surface area contributed by atoms with Crippen LogP contribution in [0.15, 0.2) is 74.4 Å². The summed E-state index contributed by atoms with van der Waals surface area (Å²) in [7, 11) is 1.51. The number of halogens is 1. The number of benzene rings is 1. The van der Waals surface area contributed by atoms with Crippen molar-refractivity contribution in [2.24, 2.45) is 4.99 Å². The van der Waals surface area contributed by atoms with Gasteiger partial charge in [-0.1, -0.05) is 23.9 Å². The van der Waals surface area contributed by atoms with Gasteiger partial charge in [0.15, 0.2) is 5.17 Å². The number of methoxy groups -OCH3 is 1. The van der Waals surface area contributed by atoms with Crippen molar-refractivity contribution in [2.45, 2.75) is 25.9 Å². The summed E-state index contributed by atoms with van der Waals surface area (Å²) in [6.45, 7) is 2.30. The van der Waals surface area contributed by atoms with E-state index >= 15 is 0 Å². The van der Waals surface area contributed by atoms with Crippen LogP contribution < -0.4 is 5.32 Å². The molecule has 1 aromatic carbocycles. The molecule has 2 aromatic rings. The molecule has 1 amide bonds. The number of amides is 1. The molecule has 0 saturated heterocycles. The Bertz CT molecular complexity index is 1160. The minimum Gasteiger partial charge on any atom is -0.467 e. The van der Waals surface area contributed by atoms with E-state index in [9.17, 15) is 14.0 Å². The van der Waals surface area contributed by atoms with Gasteiger partial charge in [0.1, 0.15) is 18.2 Å². The molecule has 0 bridgehead atoms. The number of thioether (sulfide) groups is 1. The van der Waals surface area contributed by atoms with Crippen LogP contribution in [0.1, 0.15) is 30.7 Å². The van der Waals surface area contributed by atoms with Crippen molar-refractivity contribution in [3.63, 3.8) is 0 Å². The van der Waals surface area contributed by atoms with Gasteiger partial charge in [0, 0.05) is 12.8 Å². The van der Waals surface area contributed by atoms with Crippen molar-refractivity contribution in [1.29, 1.82) is 0 Å². The first-order valence-corrected chi connectivity index (χ1v) is 11.5. The van der Waals surface area contributed by atoms with E-state index in [2.05, 4.69) is 10.3 Å². The molecule has 8 nitrogen and oxygen atoms in total. The minimum absolute atomic E-state index is 0.0452. The molecule has 3 heterocycles. The van der Waals surface area contributed by atoms with Gasteiger partial charge in [0.2, 0.25) is 5.91 Å². The van der Waals surface area contributed by atoms with Crippen molar-refractivity contribution >= 4 is 28.8 Å². The molecule has 1 N–H and O–H groups in total. The van der Waals surface area contributed by atoms with Crippen LogP contribution in [0.3, 0.4) is 0 Å². The Morgan fingerprint density at radius 3 is 2.85 bits per heavy atom. The first-order valence-electron chi connectivity index (χ1n) is 10.6. The highest BCUT2D eigenvalue weighted by Gasteiger charge is 2.41. The molecular formula is C24H24FN3O5S. The van der Waals surface area contributed by atoms with Crippen molar-refractivity contribution in [3.05, 3.63) is 82.2 Å². The third kappa shape index (κ3) is 5.23. The number of fused-ring (bicyclic) bond motifs is 1. The summed E-state index contributed by atoms with van der Waals surface area (Å²) in [6.07, 6.45) is 1.59. The largest absolute Gasteiger partial charge is 0.467 e. The van der Waals surface area contributed by atoms with Crippen LogP contribution in [-0.4, -0.2) is 42.3 Å². The predicted molar refractivity (Wildman–Crippen MR) is 125 cm³/mol. The van der Waals surface area contributed by atoms with E-state index in [1.165, 1.54) is 31.0 Å². The maximum atomic E-state index is 14.2. The lowest BCUT2D eigenvalue weighted by Gasteiger charge is -2.36. The van der Waals surface area contributed by atoms with Gasteiger partial charge in [-0.2, -0.15) is 0 Å². The second kappa shape index (κ2) is 10.7. The van der Waals surface area contributed by atoms with E-state index < -0.39 is 17.8 Å². The molecule has 0 fully saturated rings. The average molecular weight is 486 g/mol. The minimum atomic E-state index is -0.697. The maximum absolute atomic E-state index is 14.2. The number of esters is 1. The fourth-order valence-electron chi connectivity index (χ4n) is 3.74. The van der Waals surface area contributed by atoms with Gasteiger partial charge in [0.05, 0.1) is 43.1 Å². The van der Waals surface area contributed by atoms with Gasteiger partial charge in [-0.05, 0) is 42.2 Å². The highest BCUT2D eigenvalue weighted by molar-refractivity contribution is 8.16. The van der Waals surface area contributed by atoms with Gasteiger partial charge in [-0.3, -0.25) is 4.79 Å². The Morgan fingerprint density at radius 2 is 2.12 bits per heavy atom. The standard InChI is InChI=1S/C24H24FN3O5S/c1-15-21(23(30)33-10-9-31-2)22(16-5-3-6-17(25)11-16)28-18(14-34-24(28)27-15)12-20(29)26-13-19-7-4-8-32-19/h3-8,11,14,22H,9-10,12-13H2,1-2H3,(H,26,29)/t22-/m0/s1. The molecule has 1 aromatic heterocycles. The number of carbonyl (C=O) groups is 2. The quantitative estimate of drug-likeness (QED) is 0.425. The van der Waals surface area contributed by atoms with Crippen molar-refractivity contribution < 1.29 is 27.9 Å². The van der Waals surface area contributed by atoms with Crippen LogP contribution in [-0.2, 0) is 25.6 Å². The molecule has 4 rings (SSSR count). The summed E-state index contributed by atoms with van der Waals surface area (Å²) < 4.78 is 29.8. The molecule has 0 aliphatic carbocycles. The number of nitrogens with zero attached hydrogens (tertiary/aromatic N) is 2. The summed E-state index contributed by atoms with van der Waals surface area (Å²) >= 11 is 1.35. The number of hydrogen-bond donors (Lipinski definition) is 1. The van der Waals surface area contributed by atoms with Crippen LogP contribution in [0.5, 0.6) is 0 Å². The summed E-state index contributed by atoms with van der Waals surface area (Å²) in [5.41, 5.74) is 1.96. The van der Waals surface area contributed by atoms with Crippen LogP contribution in [0.2, 0.25) is 0 Å². The van der Waals surface area contributed by atoms with Crippen LogP contribution in [0.25, 0.3) is 0 Å². The molecular weight excluding hydrogens is 461 g/mol. The van der Waals surface area contributed by atoms with E-state index in [-0.39, 0.29) is 37.7 Å². The SMILES string of the molecule is COCCOC(=O)C1=C(C)N=C2SC=C(CC(=O)NCc3ccco3)N2[C@H]1c1cccc(F)c1. The highest BCUT2D eigenvalue weighted by Crippen LogP contribution is 2.44. The summed E-state index contributed by atoms with van der Waals surface area (Å²) in [5, 5.41) is 5.25. The topological polar surface area (TPSA) is 93.4 Å². The zero-order valence-corrected chi connectivity index (χ0v) is 19.6. The highest BCUT2D eigenvalue weighted by atomic mass is 32.2. The van der Waals surface area contributed by atoms with E-state index in [0.29, 0.717) is 27.9 Å². The third-order valence-corrected chi connectivity index (χ3v) is 6.18.